The fourth-order valence-corrected chi connectivity index (χ4v) is 16.7. The molecule has 2 aliphatic carbocycles. The Labute approximate surface area is 635 Å². The summed E-state index contributed by atoms with van der Waals surface area (Å²) in [6, 6.07) is 45.6. The number of aromatic nitrogens is 2. The molecule has 24 nitrogen and oxygen atoms in total. The summed E-state index contributed by atoms with van der Waals surface area (Å²) < 4.78 is 88.9. The normalized spacial score (nSPS) is 24.4. The quantitative estimate of drug-likeness (QED) is 0.0559. The molecule has 8 aromatic rings. The predicted octanol–water partition coefficient (Wildman–Crippen LogP) is 12.0. The molecule has 6 aliphatic rings. The fraction of sp³-hybridized carbons (Fsp3) is 0.370. The number of carbonyl (C=O) groups excluding carboxylic acids is 5. The highest BCUT2D eigenvalue weighted by atomic mass is 35.5. The first-order valence-electron chi connectivity index (χ1n) is 36.4. The van der Waals surface area contributed by atoms with Gasteiger partial charge in [-0.15, -0.1) is 12.4 Å². The van der Waals surface area contributed by atoms with Crippen molar-refractivity contribution in [3.8, 4) is 45.5 Å². The summed E-state index contributed by atoms with van der Waals surface area (Å²) in [4.78, 5) is 80.9. The first kappa shape index (κ1) is 77.3. The molecular formula is C81H91ClN10O14S2. The highest BCUT2D eigenvalue weighted by molar-refractivity contribution is 7.90. The minimum atomic E-state index is -4.34. The fourth-order valence-electron chi connectivity index (χ4n) is 14.2. The molecule has 5 amide bonds. The van der Waals surface area contributed by atoms with Crippen molar-refractivity contribution in [2.24, 2.45) is 11.8 Å². The van der Waals surface area contributed by atoms with E-state index in [-0.39, 0.29) is 59.5 Å². The number of allylic oxidation sites excluding steroid dienone is 2. The molecule has 2 saturated heterocycles. The molecule has 27 heteroatoms. The molecule has 0 radical (unpaired) electrons. The predicted molar refractivity (Wildman–Crippen MR) is 415 cm³/mol. The second-order valence-corrected chi connectivity index (χ2v) is 32.2. The Balaban J connectivity index is 0.000000201. The minimum Gasteiger partial charge on any atom is -0.497 e. The van der Waals surface area contributed by atoms with E-state index in [0.29, 0.717) is 83.4 Å². The summed E-state index contributed by atoms with van der Waals surface area (Å²) in [5.41, 5.74) is 1.60. The summed E-state index contributed by atoms with van der Waals surface area (Å²) in [5.74, 6) is -0.947. The maximum atomic E-state index is 14.5. The zero-order valence-electron chi connectivity index (χ0n) is 60.9. The third-order valence-corrected chi connectivity index (χ3v) is 22.9. The number of halogens is 1. The number of fused-ring (bicyclic) bond motifs is 6. The van der Waals surface area contributed by atoms with Gasteiger partial charge in [-0.3, -0.25) is 24.1 Å². The van der Waals surface area contributed by atoms with Crippen LogP contribution in [0.1, 0.15) is 97.8 Å². The van der Waals surface area contributed by atoms with Crippen molar-refractivity contribution < 1.29 is 64.5 Å². The SMILES string of the molecule is COc1ccc2c(O[C@@H]3C[C@@H](C(=O)N[C@]45C[C@H]4/C=C\CCCCCNc4ccccc4S(=O)(=O)NC5=O)N(C(=O)OC(C)(C)C)C3)cc(-c3ccccc3)nc2c1.COc1ccc2c(O[C@H]3CN[C@H](C(=O)N[C@]45C[C@H]4/C=C\CCCCCNc4ccccc4S(=O)(=O)NC5=O)C3)cc(-c3ccccc3)nc2c1.Cl. The van der Waals surface area contributed by atoms with Crippen LogP contribution in [0.25, 0.3) is 44.3 Å². The first-order valence-corrected chi connectivity index (χ1v) is 39.4. The van der Waals surface area contributed by atoms with Crippen molar-refractivity contribution in [3.63, 3.8) is 0 Å². The Morgan fingerprint density at radius 3 is 1.50 bits per heavy atom. The number of nitrogens with one attached hydrogen (secondary N) is 7. The van der Waals surface area contributed by atoms with Gasteiger partial charge in [0.1, 0.15) is 67.7 Å². The monoisotopic (exact) mass is 1530 g/mol. The van der Waals surface area contributed by atoms with Crippen molar-refractivity contribution in [1.82, 2.24) is 40.3 Å². The molecule has 0 unspecified atom stereocenters. The van der Waals surface area contributed by atoms with E-state index in [2.05, 4.69) is 36.0 Å². The maximum absolute atomic E-state index is 14.5. The number of benzene rings is 6. The lowest BCUT2D eigenvalue weighted by molar-refractivity contribution is -0.131. The Kier molecular flexibility index (Phi) is 23.7. The van der Waals surface area contributed by atoms with E-state index in [9.17, 15) is 40.8 Å². The number of anilines is 2. The standard InChI is InChI=1S/C43H49N5O8S.C38H41N5O6S.ClH/c1-42(2,3)56-41(51)48-27-31(55-37-25-34(28-15-9-8-10-16-28)45-35-23-30(54-4)20-21-32(35)37)24-36(48)39(49)46-43-26-29(43)17-11-6-5-7-14-22-44-33-18-12-13-19-38(33)57(52,53)47-40(43)50;1-48-27-17-18-29-32(20-27)41-31(25-12-6-5-7-13-25)22-34(29)49-28-21-33(40-24-28)36(44)42-38-23-26(38)14-8-3-2-4-11-19-39-30-15-9-10-16-35(30)50(46,47)43-37(38)45;/h8-13,15-21,23,25,29,31,36,44H,5-7,14,22,24,26-27H2,1-4H3,(H,46,49)(H,47,50);5-10,12-18,20,22,26,28,33,39-40H,2-4,11,19,21,23-24H2,1H3,(H,42,44)(H,43,45);1H/b17-11-;14-8-;/t29-,31-,36+,43-;26-,28-,33+,38-;/m11./s1. The molecule has 2 aromatic heterocycles. The van der Waals surface area contributed by atoms with Gasteiger partial charge >= 0.3 is 6.09 Å². The minimum absolute atomic E-state index is 0. The molecule has 0 spiro atoms. The molecule has 14 rings (SSSR count). The number of carbonyl (C=O) groups is 5. The van der Waals surface area contributed by atoms with Crippen LogP contribution >= 0.6 is 12.4 Å². The highest BCUT2D eigenvalue weighted by Gasteiger charge is 2.63. The van der Waals surface area contributed by atoms with Gasteiger partial charge in [-0.05, 0) is 121 Å². The van der Waals surface area contributed by atoms with E-state index in [1.54, 1.807) is 71.4 Å². The second-order valence-electron chi connectivity index (χ2n) is 28.9. The van der Waals surface area contributed by atoms with Crippen LogP contribution in [0.4, 0.5) is 16.2 Å². The van der Waals surface area contributed by atoms with Crippen LogP contribution in [-0.2, 0) is 44.0 Å². The van der Waals surface area contributed by atoms with Crippen LogP contribution in [0.5, 0.6) is 23.0 Å². The summed E-state index contributed by atoms with van der Waals surface area (Å²) in [6.07, 6.45) is 14.1. The molecule has 4 fully saturated rings. The topological polar surface area (TPSA) is 313 Å². The molecule has 0 bridgehead atoms. The Hall–Kier alpha value is -10.3. The van der Waals surface area contributed by atoms with E-state index in [1.165, 1.54) is 17.0 Å². The average Bonchev–Trinajstić information content (AvgIpc) is 1.58. The summed E-state index contributed by atoms with van der Waals surface area (Å²) in [7, 11) is -5.37. The third kappa shape index (κ3) is 17.8. The van der Waals surface area contributed by atoms with Crippen LogP contribution < -0.4 is 55.0 Å². The molecule has 2 saturated carbocycles. The lowest BCUT2D eigenvalue weighted by Crippen LogP contribution is -2.56. The number of hydrogen-bond donors (Lipinski definition) is 7. The number of rotatable bonds is 12. The number of ether oxygens (including phenoxy) is 5. The summed E-state index contributed by atoms with van der Waals surface area (Å²) >= 11 is 0. The second kappa shape index (κ2) is 33.1. The number of amides is 5. The van der Waals surface area contributed by atoms with Crippen molar-refractivity contribution >= 4 is 95.4 Å². The average molecular weight is 1530 g/mol. The van der Waals surface area contributed by atoms with E-state index in [1.807, 2.05) is 133 Å². The van der Waals surface area contributed by atoms with Crippen LogP contribution in [-0.4, -0.2) is 143 Å². The lowest BCUT2D eigenvalue weighted by Gasteiger charge is -2.29. The van der Waals surface area contributed by atoms with Crippen molar-refractivity contribution in [3.05, 3.63) is 182 Å². The highest BCUT2D eigenvalue weighted by Crippen LogP contribution is 2.48. The molecule has 7 N–H and O–H groups in total. The van der Waals surface area contributed by atoms with E-state index >= 15 is 0 Å². The number of sulfonamides is 2. The van der Waals surface area contributed by atoms with Gasteiger partial charge in [-0.25, -0.2) is 41.0 Å². The molecule has 8 atom stereocenters. The number of para-hydroxylation sites is 2. The Morgan fingerprint density at radius 1 is 0.556 bits per heavy atom. The van der Waals surface area contributed by atoms with Gasteiger partial charge in [-0.1, -0.05) is 122 Å². The van der Waals surface area contributed by atoms with Gasteiger partial charge in [0.15, 0.2) is 0 Å². The van der Waals surface area contributed by atoms with Crippen molar-refractivity contribution in [1.29, 1.82) is 0 Å². The molecular weight excluding hydrogens is 1440 g/mol. The van der Waals surface area contributed by atoms with Gasteiger partial charge < -0.3 is 50.3 Å². The van der Waals surface area contributed by atoms with Gasteiger partial charge in [0, 0.05) is 90.5 Å². The van der Waals surface area contributed by atoms with E-state index in [0.717, 1.165) is 79.1 Å². The molecule has 6 heterocycles. The smallest absolute Gasteiger partial charge is 0.411 e. The number of methoxy groups -OCH3 is 2. The first-order chi connectivity index (χ1) is 51.5. The van der Waals surface area contributed by atoms with E-state index < -0.39 is 84.6 Å². The third-order valence-electron chi connectivity index (χ3n) is 20.1. The molecule has 108 heavy (non-hydrogen) atoms. The van der Waals surface area contributed by atoms with Gasteiger partial charge in [0.05, 0.1) is 60.6 Å². The summed E-state index contributed by atoms with van der Waals surface area (Å²) in [5, 5.41) is 17.0. The maximum Gasteiger partial charge on any atom is 0.411 e. The van der Waals surface area contributed by atoms with Crippen molar-refractivity contribution in [2.75, 3.05) is 51.0 Å². The molecule has 6 aromatic carbocycles. The zero-order chi connectivity index (χ0) is 75.1. The van der Waals surface area contributed by atoms with Crippen molar-refractivity contribution in [2.45, 2.75) is 149 Å². The number of pyridine rings is 2. The zero-order valence-corrected chi connectivity index (χ0v) is 63.3. The Morgan fingerprint density at radius 2 is 1.02 bits per heavy atom. The van der Waals surface area contributed by atoms with Crippen LogP contribution in [0.2, 0.25) is 0 Å². The Bertz CT molecular complexity index is 4950. The largest absolute Gasteiger partial charge is 0.497 e. The summed E-state index contributed by atoms with van der Waals surface area (Å²) in [6.45, 7) is 6.82. The van der Waals surface area contributed by atoms with Crippen LogP contribution in [0.15, 0.2) is 192 Å². The van der Waals surface area contributed by atoms with Crippen LogP contribution in [0.3, 0.4) is 0 Å². The van der Waals surface area contributed by atoms with Gasteiger partial charge in [0.2, 0.25) is 11.8 Å². The van der Waals surface area contributed by atoms with Gasteiger partial charge in [-0.2, -0.15) is 0 Å². The number of likely N-dealkylation sites (tertiary alicyclic amines) is 1. The van der Waals surface area contributed by atoms with Gasteiger partial charge in [0.25, 0.3) is 31.9 Å². The van der Waals surface area contributed by atoms with E-state index in [4.69, 9.17) is 33.7 Å². The van der Waals surface area contributed by atoms with Crippen LogP contribution in [0, 0.1) is 11.8 Å². The number of nitrogens with zero attached hydrogens (tertiary/aromatic N) is 3. The molecule has 568 valence electrons. The molecule has 4 aliphatic heterocycles. The number of hydrogen-bond acceptors (Lipinski definition) is 19. The lowest BCUT2D eigenvalue weighted by atomic mass is 10.1.